The van der Waals surface area contributed by atoms with Crippen LogP contribution in [0.1, 0.15) is 12.5 Å². The van der Waals surface area contributed by atoms with Gasteiger partial charge in [-0.25, -0.2) is 0 Å². The number of nitrogens with zero attached hydrogens (tertiary/aromatic N) is 2. The van der Waals surface area contributed by atoms with Crippen LogP contribution in [0.4, 0.5) is 0 Å². The molecule has 1 aliphatic heterocycles. The average molecular weight is 313 g/mol. The number of benzene rings is 1. The lowest BCUT2D eigenvalue weighted by Gasteiger charge is -2.33. The van der Waals surface area contributed by atoms with Crippen molar-refractivity contribution in [2.24, 2.45) is 0 Å². The highest BCUT2D eigenvalue weighted by molar-refractivity contribution is 7.86. The number of piperazine rings is 1. The van der Waals surface area contributed by atoms with Crippen molar-refractivity contribution in [1.82, 2.24) is 13.9 Å². The summed E-state index contributed by atoms with van der Waals surface area (Å²) in [4.78, 5) is 0. The van der Waals surface area contributed by atoms with E-state index in [1.165, 1.54) is 8.61 Å². The van der Waals surface area contributed by atoms with E-state index in [9.17, 15) is 8.42 Å². The number of ether oxygens (including phenoxy) is 1. The molecule has 1 aliphatic rings. The van der Waals surface area contributed by atoms with Crippen molar-refractivity contribution >= 4 is 10.2 Å². The number of hydrogen-bond acceptors (Lipinski definition) is 4. The maximum atomic E-state index is 12.6. The number of hydrogen-bond donors (Lipinski definition) is 1. The summed E-state index contributed by atoms with van der Waals surface area (Å²) >= 11 is 0. The van der Waals surface area contributed by atoms with Crippen LogP contribution in [0.5, 0.6) is 5.75 Å². The van der Waals surface area contributed by atoms with Gasteiger partial charge in [0.25, 0.3) is 10.2 Å². The number of methoxy groups -OCH3 is 1. The van der Waals surface area contributed by atoms with E-state index in [4.69, 9.17) is 4.74 Å². The van der Waals surface area contributed by atoms with Gasteiger partial charge in [-0.2, -0.15) is 17.0 Å². The Morgan fingerprint density at radius 3 is 2.90 bits per heavy atom. The highest BCUT2D eigenvalue weighted by atomic mass is 32.2. The maximum absolute atomic E-state index is 12.6. The Bertz CT molecular complexity index is 577. The minimum atomic E-state index is -3.43. The van der Waals surface area contributed by atoms with Gasteiger partial charge in [-0.1, -0.05) is 12.1 Å². The van der Waals surface area contributed by atoms with E-state index in [-0.39, 0.29) is 6.04 Å². The maximum Gasteiger partial charge on any atom is 0.282 e. The predicted octanol–water partition coefficient (Wildman–Crippen LogP) is 0.666. The summed E-state index contributed by atoms with van der Waals surface area (Å²) in [5.41, 5.74) is 0.906. The Morgan fingerprint density at radius 2 is 2.24 bits per heavy atom. The third kappa shape index (κ3) is 3.94. The zero-order valence-corrected chi connectivity index (χ0v) is 13.6. The van der Waals surface area contributed by atoms with Crippen molar-refractivity contribution in [2.45, 2.75) is 19.5 Å². The second-order valence-electron chi connectivity index (χ2n) is 5.33. The molecule has 1 fully saturated rings. The van der Waals surface area contributed by atoms with Crippen LogP contribution >= 0.6 is 0 Å². The van der Waals surface area contributed by atoms with Gasteiger partial charge in [0, 0.05) is 39.3 Å². The van der Waals surface area contributed by atoms with Crippen LogP contribution in [0.15, 0.2) is 24.3 Å². The first-order valence-electron chi connectivity index (χ1n) is 7.01. The fourth-order valence-electron chi connectivity index (χ4n) is 2.41. The van der Waals surface area contributed by atoms with E-state index in [0.717, 1.165) is 11.3 Å². The molecule has 0 radical (unpaired) electrons. The highest BCUT2D eigenvalue weighted by Gasteiger charge is 2.30. The molecule has 0 amide bonds. The summed E-state index contributed by atoms with van der Waals surface area (Å²) in [6.07, 6.45) is 0. The van der Waals surface area contributed by atoms with Crippen LogP contribution < -0.4 is 10.1 Å². The Balaban J connectivity index is 2.08. The van der Waals surface area contributed by atoms with Gasteiger partial charge in [0.05, 0.1) is 7.11 Å². The summed E-state index contributed by atoms with van der Waals surface area (Å²) in [6, 6.07) is 7.64. The minimum Gasteiger partial charge on any atom is -0.497 e. The topological polar surface area (TPSA) is 61.9 Å². The van der Waals surface area contributed by atoms with Gasteiger partial charge in [0.15, 0.2) is 0 Å². The Kier molecular flexibility index (Phi) is 5.21. The lowest BCUT2D eigenvalue weighted by atomic mass is 10.2. The molecule has 0 aliphatic carbocycles. The van der Waals surface area contributed by atoms with Gasteiger partial charge in [0.2, 0.25) is 0 Å². The van der Waals surface area contributed by atoms with Gasteiger partial charge >= 0.3 is 0 Å². The molecule has 0 bridgehead atoms. The SMILES string of the molecule is COc1cccc(CN(C)S(=O)(=O)N2CCN[C@H](C)C2)c1. The normalized spacial score (nSPS) is 20.7. The molecule has 0 spiro atoms. The van der Waals surface area contributed by atoms with Gasteiger partial charge in [-0.05, 0) is 24.6 Å². The fraction of sp³-hybridized carbons (Fsp3) is 0.571. The van der Waals surface area contributed by atoms with Crippen LogP contribution in [0, 0.1) is 0 Å². The van der Waals surface area contributed by atoms with Crippen molar-refractivity contribution in [3.05, 3.63) is 29.8 Å². The quantitative estimate of drug-likeness (QED) is 0.868. The average Bonchev–Trinajstić information content (AvgIpc) is 2.47. The first-order valence-corrected chi connectivity index (χ1v) is 8.41. The molecule has 1 aromatic rings. The molecule has 1 saturated heterocycles. The summed E-state index contributed by atoms with van der Waals surface area (Å²) < 4.78 is 33.3. The van der Waals surface area contributed by atoms with Crippen molar-refractivity contribution in [2.75, 3.05) is 33.8 Å². The first-order chi connectivity index (χ1) is 9.93. The molecule has 21 heavy (non-hydrogen) atoms. The predicted molar refractivity (Wildman–Crippen MR) is 82.4 cm³/mol. The molecule has 0 saturated carbocycles. The second kappa shape index (κ2) is 6.74. The molecule has 7 heteroatoms. The van der Waals surface area contributed by atoms with Crippen LogP contribution in [0.2, 0.25) is 0 Å². The Hall–Kier alpha value is -1.15. The van der Waals surface area contributed by atoms with Crippen LogP contribution in [0.3, 0.4) is 0 Å². The summed E-state index contributed by atoms with van der Waals surface area (Å²) in [7, 11) is -0.215. The number of rotatable bonds is 5. The third-order valence-electron chi connectivity index (χ3n) is 3.59. The summed E-state index contributed by atoms with van der Waals surface area (Å²) in [5.74, 6) is 0.731. The van der Waals surface area contributed by atoms with Gasteiger partial charge in [-0.15, -0.1) is 0 Å². The molecule has 6 nitrogen and oxygen atoms in total. The van der Waals surface area contributed by atoms with Gasteiger partial charge < -0.3 is 10.1 Å². The Morgan fingerprint density at radius 1 is 1.48 bits per heavy atom. The summed E-state index contributed by atoms with van der Waals surface area (Å²) in [6.45, 7) is 4.02. The lowest BCUT2D eigenvalue weighted by Crippen LogP contribution is -2.54. The molecule has 1 heterocycles. The van der Waals surface area contributed by atoms with E-state index >= 15 is 0 Å². The van der Waals surface area contributed by atoms with Crippen LogP contribution in [-0.2, 0) is 16.8 Å². The van der Waals surface area contributed by atoms with Crippen molar-refractivity contribution < 1.29 is 13.2 Å². The zero-order valence-electron chi connectivity index (χ0n) is 12.7. The van der Waals surface area contributed by atoms with Crippen LogP contribution in [-0.4, -0.2) is 56.9 Å². The molecule has 1 aromatic carbocycles. The highest BCUT2D eigenvalue weighted by Crippen LogP contribution is 2.17. The molecular formula is C14H23N3O3S. The molecule has 0 aromatic heterocycles. The van der Waals surface area contributed by atoms with E-state index in [0.29, 0.717) is 26.2 Å². The molecule has 2 rings (SSSR count). The molecular weight excluding hydrogens is 290 g/mol. The van der Waals surface area contributed by atoms with E-state index in [2.05, 4.69) is 5.32 Å². The van der Waals surface area contributed by atoms with E-state index in [1.54, 1.807) is 14.2 Å². The lowest BCUT2D eigenvalue weighted by molar-refractivity contribution is 0.287. The van der Waals surface area contributed by atoms with E-state index in [1.807, 2.05) is 31.2 Å². The first kappa shape index (κ1) is 16.2. The smallest absolute Gasteiger partial charge is 0.282 e. The van der Waals surface area contributed by atoms with Crippen molar-refractivity contribution in [3.8, 4) is 5.75 Å². The van der Waals surface area contributed by atoms with Crippen LogP contribution in [0.25, 0.3) is 0 Å². The monoisotopic (exact) mass is 313 g/mol. The second-order valence-corrected chi connectivity index (χ2v) is 7.36. The molecule has 1 N–H and O–H groups in total. The Labute approximate surface area is 126 Å². The molecule has 118 valence electrons. The van der Waals surface area contributed by atoms with Crippen molar-refractivity contribution in [3.63, 3.8) is 0 Å². The molecule has 1 atom stereocenters. The minimum absolute atomic E-state index is 0.179. The zero-order chi connectivity index (χ0) is 15.5. The third-order valence-corrected chi connectivity index (χ3v) is 5.49. The van der Waals surface area contributed by atoms with E-state index < -0.39 is 10.2 Å². The standard InChI is InChI=1S/C14H23N3O3S/c1-12-10-17(8-7-15-12)21(18,19)16(2)11-13-5-4-6-14(9-13)20-3/h4-6,9,12,15H,7-8,10-11H2,1-3H3/t12-/m1/s1. The van der Waals surface area contributed by atoms with Gasteiger partial charge in [0.1, 0.15) is 5.75 Å². The summed E-state index contributed by atoms with van der Waals surface area (Å²) in [5, 5.41) is 3.25. The van der Waals surface area contributed by atoms with Gasteiger partial charge in [-0.3, -0.25) is 0 Å². The number of nitrogens with one attached hydrogen (secondary N) is 1. The largest absolute Gasteiger partial charge is 0.497 e. The molecule has 0 unspecified atom stereocenters. The van der Waals surface area contributed by atoms with Crippen molar-refractivity contribution in [1.29, 1.82) is 0 Å². The fourth-order valence-corrected chi connectivity index (χ4v) is 3.85.